The molecule has 0 unspecified atom stereocenters. The highest BCUT2D eigenvalue weighted by molar-refractivity contribution is 5.78. The zero-order chi connectivity index (χ0) is 12.0. The SMILES string of the molecule is Cc1cc2nc(C3CC3)n(CCN)c2cc1C. The van der Waals surface area contributed by atoms with Crippen molar-refractivity contribution in [1.82, 2.24) is 9.55 Å². The van der Waals surface area contributed by atoms with Crippen molar-refractivity contribution in [1.29, 1.82) is 0 Å². The van der Waals surface area contributed by atoms with Crippen LogP contribution in [0.3, 0.4) is 0 Å². The van der Waals surface area contributed by atoms with E-state index in [0.717, 1.165) is 12.1 Å². The molecule has 0 aliphatic heterocycles. The third-order valence-electron chi connectivity index (χ3n) is 3.69. The second-order valence-corrected chi connectivity index (χ2v) is 5.11. The Morgan fingerprint density at radius 2 is 2.00 bits per heavy atom. The predicted octanol–water partition coefficient (Wildman–Crippen LogP) is 2.49. The smallest absolute Gasteiger partial charge is 0.113 e. The first-order valence-electron chi connectivity index (χ1n) is 6.38. The number of hydrogen-bond acceptors (Lipinski definition) is 2. The quantitative estimate of drug-likeness (QED) is 0.878. The van der Waals surface area contributed by atoms with E-state index in [1.165, 1.54) is 35.3 Å². The molecule has 0 spiro atoms. The van der Waals surface area contributed by atoms with Gasteiger partial charge in [0.05, 0.1) is 11.0 Å². The van der Waals surface area contributed by atoms with Crippen LogP contribution >= 0.6 is 0 Å². The molecule has 1 fully saturated rings. The van der Waals surface area contributed by atoms with Crippen LogP contribution in [0.2, 0.25) is 0 Å². The maximum atomic E-state index is 5.72. The summed E-state index contributed by atoms with van der Waals surface area (Å²) in [5, 5.41) is 0. The number of benzene rings is 1. The van der Waals surface area contributed by atoms with Gasteiger partial charge in [-0.25, -0.2) is 4.98 Å². The molecule has 0 bridgehead atoms. The van der Waals surface area contributed by atoms with Crippen molar-refractivity contribution in [3.05, 3.63) is 29.1 Å². The van der Waals surface area contributed by atoms with Crippen LogP contribution in [0, 0.1) is 13.8 Å². The van der Waals surface area contributed by atoms with E-state index in [-0.39, 0.29) is 0 Å². The second kappa shape index (κ2) is 3.84. The number of rotatable bonds is 3. The summed E-state index contributed by atoms with van der Waals surface area (Å²) in [6.07, 6.45) is 2.57. The number of nitrogens with zero attached hydrogens (tertiary/aromatic N) is 2. The highest BCUT2D eigenvalue weighted by Crippen LogP contribution is 2.40. The van der Waals surface area contributed by atoms with Gasteiger partial charge in [-0.2, -0.15) is 0 Å². The zero-order valence-electron chi connectivity index (χ0n) is 10.5. The Morgan fingerprint density at radius 1 is 1.29 bits per heavy atom. The molecule has 1 aliphatic rings. The minimum atomic E-state index is 0.676. The molecule has 3 rings (SSSR count). The zero-order valence-corrected chi connectivity index (χ0v) is 10.5. The first-order valence-corrected chi connectivity index (χ1v) is 6.38. The van der Waals surface area contributed by atoms with Gasteiger partial charge in [0.1, 0.15) is 5.82 Å². The minimum Gasteiger partial charge on any atom is -0.329 e. The molecule has 1 aromatic carbocycles. The topological polar surface area (TPSA) is 43.8 Å². The van der Waals surface area contributed by atoms with E-state index in [9.17, 15) is 0 Å². The number of hydrogen-bond donors (Lipinski definition) is 1. The number of fused-ring (bicyclic) bond motifs is 1. The Balaban J connectivity index is 2.23. The normalized spacial score (nSPS) is 15.7. The van der Waals surface area contributed by atoms with Gasteiger partial charge in [0.25, 0.3) is 0 Å². The molecule has 3 heteroatoms. The maximum Gasteiger partial charge on any atom is 0.113 e. The summed E-state index contributed by atoms with van der Waals surface area (Å²) < 4.78 is 2.32. The van der Waals surface area contributed by atoms with Crippen molar-refractivity contribution < 1.29 is 0 Å². The van der Waals surface area contributed by atoms with Crippen molar-refractivity contribution in [2.75, 3.05) is 6.54 Å². The van der Waals surface area contributed by atoms with Crippen molar-refractivity contribution in [3.63, 3.8) is 0 Å². The summed E-state index contributed by atoms with van der Waals surface area (Å²) in [5.41, 5.74) is 10.7. The van der Waals surface area contributed by atoms with Gasteiger partial charge in [0, 0.05) is 19.0 Å². The molecular formula is C14H19N3. The molecule has 0 amide bonds. The van der Waals surface area contributed by atoms with Crippen LogP contribution in [0.5, 0.6) is 0 Å². The van der Waals surface area contributed by atoms with E-state index >= 15 is 0 Å². The molecule has 2 N–H and O–H groups in total. The molecule has 0 saturated heterocycles. The fourth-order valence-corrected chi connectivity index (χ4v) is 2.42. The van der Waals surface area contributed by atoms with E-state index in [4.69, 9.17) is 10.7 Å². The molecule has 3 nitrogen and oxygen atoms in total. The monoisotopic (exact) mass is 229 g/mol. The Hall–Kier alpha value is -1.35. The largest absolute Gasteiger partial charge is 0.329 e. The van der Waals surface area contributed by atoms with Crippen LogP contribution in [0.4, 0.5) is 0 Å². The third-order valence-corrected chi connectivity index (χ3v) is 3.69. The number of aryl methyl sites for hydroxylation is 2. The average Bonchev–Trinajstić information content (AvgIpc) is 3.08. The standard InChI is InChI=1S/C14H19N3/c1-9-7-12-13(8-10(9)2)17(6-5-15)14(16-12)11-3-4-11/h7-8,11H,3-6,15H2,1-2H3. The van der Waals surface area contributed by atoms with Crippen LogP contribution in [-0.4, -0.2) is 16.1 Å². The fourth-order valence-electron chi connectivity index (χ4n) is 2.42. The molecule has 0 radical (unpaired) electrons. The number of nitrogens with two attached hydrogens (primary N) is 1. The molecule has 2 aromatic rings. The summed E-state index contributed by atoms with van der Waals surface area (Å²) in [5.74, 6) is 1.92. The van der Waals surface area contributed by atoms with Crippen LogP contribution in [0.25, 0.3) is 11.0 Å². The maximum absolute atomic E-state index is 5.72. The van der Waals surface area contributed by atoms with E-state index in [1.807, 2.05) is 0 Å². The van der Waals surface area contributed by atoms with Gasteiger partial charge in [0.2, 0.25) is 0 Å². The Kier molecular flexibility index (Phi) is 2.44. The number of aromatic nitrogens is 2. The lowest BCUT2D eigenvalue weighted by Gasteiger charge is -2.07. The first kappa shape index (κ1) is 10.8. The predicted molar refractivity (Wildman–Crippen MR) is 70.2 cm³/mol. The highest BCUT2D eigenvalue weighted by Gasteiger charge is 2.29. The molecule has 1 aliphatic carbocycles. The van der Waals surface area contributed by atoms with Gasteiger partial charge in [-0.3, -0.25) is 0 Å². The van der Waals surface area contributed by atoms with Crippen molar-refractivity contribution >= 4 is 11.0 Å². The van der Waals surface area contributed by atoms with Crippen LogP contribution < -0.4 is 5.73 Å². The third kappa shape index (κ3) is 1.75. The van der Waals surface area contributed by atoms with Gasteiger partial charge in [-0.05, 0) is 49.9 Å². The van der Waals surface area contributed by atoms with Crippen molar-refractivity contribution in [2.45, 2.75) is 39.2 Å². The van der Waals surface area contributed by atoms with Crippen LogP contribution in [0.1, 0.15) is 35.7 Å². The van der Waals surface area contributed by atoms with Crippen LogP contribution in [-0.2, 0) is 6.54 Å². The molecular weight excluding hydrogens is 210 g/mol. The lowest BCUT2D eigenvalue weighted by atomic mass is 10.1. The highest BCUT2D eigenvalue weighted by atomic mass is 15.1. The Morgan fingerprint density at radius 3 is 2.65 bits per heavy atom. The summed E-state index contributed by atoms with van der Waals surface area (Å²) in [7, 11) is 0. The molecule has 1 aromatic heterocycles. The van der Waals surface area contributed by atoms with Crippen LogP contribution in [0.15, 0.2) is 12.1 Å². The minimum absolute atomic E-state index is 0.676. The molecule has 17 heavy (non-hydrogen) atoms. The van der Waals surface area contributed by atoms with Gasteiger partial charge < -0.3 is 10.3 Å². The molecule has 1 saturated carbocycles. The van der Waals surface area contributed by atoms with E-state index < -0.39 is 0 Å². The van der Waals surface area contributed by atoms with E-state index in [1.54, 1.807) is 0 Å². The Bertz CT molecular complexity index is 564. The van der Waals surface area contributed by atoms with Gasteiger partial charge in [-0.15, -0.1) is 0 Å². The average molecular weight is 229 g/mol. The summed E-state index contributed by atoms with van der Waals surface area (Å²) >= 11 is 0. The van der Waals surface area contributed by atoms with E-state index in [2.05, 4.69) is 30.5 Å². The molecule has 0 atom stereocenters. The second-order valence-electron chi connectivity index (χ2n) is 5.11. The summed E-state index contributed by atoms with van der Waals surface area (Å²) in [6.45, 7) is 5.86. The first-order chi connectivity index (χ1) is 8.20. The molecule has 1 heterocycles. The molecule has 90 valence electrons. The summed E-state index contributed by atoms with van der Waals surface area (Å²) in [4.78, 5) is 4.80. The van der Waals surface area contributed by atoms with E-state index in [0.29, 0.717) is 12.5 Å². The fraction of sp³-hybridized carbons (Fsp3) is 0.500. The lowest BCUT2D eigenvalue weighted by molar-refractivity contribution is 0.680. The van der Waals surface area contributed by atoms with Crippen molar-refractivity contribution in [2.24, 2.45) is 5.73 Å². The van der Waals surface area contributed by atoms with Gasteiger partial charge >= 0.3 is 0 Å². The number of imidazole rings is 1. The lowest BCUT2D eigenvalue weighted by Crippen LogP contribution is -2.12. The Labute approximate surface area is 102 Å². The van der Waals surface area contributed by atoms with Gasteiger partial charge in [0.15, 0.2) is 0 Å². The van der Waals surface area contributed by atoms with Gasteiger partial charge in [-0.1, -0.05) is 0 Å². The summed E-state index contributed by atoms with van der Waals surface area (Å²) in [6, 6.07) is 4.45. The van der Waals surface area contributed by atoms with Crippen molar-refractivity contribution in [3.8, 4) is 0 Å².